The number of nitrogens with zero attached hydrogens (tertiary/aromatic N) is 3. The fourth-order valence-corrected chi connectivity index (χ4v) is 3.63. The number of hydrogen-bond acceptors (Lipinski definition) is 5. The van der Waals surface area contributed by atoms with Gasteiger partial charge >= 0.3 is 0 Å². The molecule has 2 aliphatic rings. The van der Waals surface area contributed by atoms with Gasteiger partial charge in [0.15, 0.2) is 0 Å². The van der Waals surface area contributed by atoms with E-state index in [1.165, 1.54) is 15.9 Å². The monoisotopic (exact) mass is 275 g/mol. The second-order valence-corrected chi connectivity index (χ2v) is 6.02. The fourth-order valence-electron chi connectivity index (χ4n) is 2.83. The number of piperazine rings is 1. The highest BCUT2D eigenvalue weighted by Gasteiger charge is 2.29. The molecule has 2 saturated heterocycles. The predicted molar refractivity (Wildman–Crippen MR) is 78.0 cm³/mol. The second-order valence-electron chi connectivity index (χ2n) is 5.22. The van der Waals surface area contributed by atoms with Crippen molar-refractivity contribution in [2.75, 3.05) is 44.3 Å². The number of ether oxygens (including phenoxy) is 1. The van der Waals surface area contributed by atoms with Gasteiger partial charge in [-0.05, 0) is 23.7 Å². The molecule has 2 aliphatic heterocycles. The standard InChI is InChI=1S/C14H17N3OS/c1-2-4-13-12(3-1)14(15-19-13)17-7-5-16(6-8-17)11-9-18-10-11/h1-4,11H,5-10H2. The highest BCUT2D eigenvalue weighted by molar-refractivity contribution is 7.13. The molecule has 0 atom stereocenters. The van der Waals surface area contributed by atoms with Crippen LogP contribution in [0.5, 0.6) is 0 Å². The van der Waals surface area contributed by atoms with E-state index in [1.807, 2.05) is 0 Å². The Morgan fingerprint density at radius 1 is 1.11 bits per heavy atom. The minimum Gasteiger partial charge on any atom is -0.378 e. The molecule has 0 bridgehead atoms. The highest BCUT2D eigenvalue weighted by atomic mass is 32.1. The SMILES string of the molecule is c1ccc2c(N3CCN(C4COC4)CC3)nsc2c1. The van der Waals surface area contributed by atoms with Crippen LogP contribution in [0.2, 0.25) is 0 Å². The fraction of sp³-hybridized carbons (Fsp3) is 0.500. The van der Waals surface area contributed by atoms with Crippen LogP contribution in [0.1, 0.15) is 0 Å². The zero-order valence-electron chi connectivity index (χ0n) is 10.8. The van der Waals surface area contributed by atoms with E-state index in [0.29, 0.717) is 6.04 Å². The van der Waals surface area contributed by atoms with Crippen LogP contribution in [0.15, 0.2) is 24.3 Å². The average molecular weight is 275 g/mol. The minimum atomic E-state index is 0.661. The Bertz CT molecular complexity index is 573. The topological polar surface area (TPSA) is 28.6 Å². The van der Waals surface area contributed by atoms with Gasteiger partial charge < -0.3 is 9.64 Å². The zero-order valence-corrected chi connectivity index (χ0v) is 11.6. The van der Waals surface area contributed by atoms with Gasteiger partial charge in [-0.3, -0.25) is 4.90 Å². The summed E-state index contributed by atoms with van der Waals surface area (Å²) in [6.07, 6.45) is 0. The summed E-state index contributed by atoms with van der Waals surface area (Å²) in [5.74, 6) is 1.17. The van der Waals surface area contributed by atoms with Crippen LogP contribution < -0.4 is 4.90 Å². The molecule has 0 amide bonds. The summed E-state index contributed by atoms with van der Waals surface area (Å²) in [6, 6.07) is 9.18. The molecular weight excluding hydrogens is 258 g/mol. The van der Waals surface area contributed by atoms with Crippen LogP contribution in [0.25, 0.3) is 10.1 Å². The van der Waals surface area contributed by atoms with E-state index in [9.17, 15) is 0 Å². The lowest BCUT2D eigenvalue weighted by molar-refractivity contribution is -0.0660. The van der Waals surface area contributed by atoms with Crippen molar-refractivity contribution in [2.45, 2.75) is 6.04 Å². The molecule has 3 heterocycles. The molecule has 1 aromatic heterocycles. The van der Waals surface area contributed by atoms with E-state index >= 15 is 0 Å². The lowest BCUT2D eigenvalue weighted by Gasteiger charge is -2.42. The molecule has 4 nitrogen and oxygen atoms in total. The molecular formula is C14H17N3OS. The highest BCUT2D eigenvalue weighted by Crippen LogP contribution is 2.30. The zero-order chi connectivity index (χ0) is 12.7. The molecule has 100 valence electrons. The first-order valence-corrected chi connectivity index (χ1v) is 7.60. The smallest absolute Gasteiger partial charge is 0.150 e. The Hall–Kier alpha value is -1.17. The lowest BCUT2D eigenvalue weighted by atomic mass is 10.1. The van der Waals surface area contributed by atoms with Gasteiger partial charge in [0.25, 0.3) is 0 Å². The molecule has 4 rings (SSSR count). The number of rotatable bonds is 2. The lowest BCUT2D eigenvalue weighted by Crippen LogP contribution is -2.56. The van der Waals surface area contributed by atoms with Crippen molar-refractivity contribution in [2.24, 2.45) is 0 Å². The van der Waals surface area contributed by atoms with E-state index in [2.05, 4.69) is 38.4 Å². The largest absolute Gasteiger partial charge is 0.378 e. The van der Waals surface area contributed by atoms with Crippen molar-refractivity contribution >= 4 is 27.4 Å². The van der Waals surface area contributed by atoms with E-state index in [4.69, 9.17) is 4.74 Å². The molecule has 0 spiro atoms. The first kappa shape index (κ1) is 11.6. The normalized spacial score (nSPS) is 21.8. The maximum absolute atomic E-state index is 5.28. The van der Waals surface area contributed by atoms with Crippen molar-refractivity contribution < 1.29 is 4.74 Å². The number of aromatic nitrogens is 1. The van der Waals surface area contributed by atoms with Gasteiger partial charge in [0, 0.05) is 31.6 Å². The van der Waals surface area contributed by atoms with E-state index in [1.54, 1.807) is 11.5 Å². The third kappa shape index (κ3) is 2.02. The van der Waals surface area contributed by atoms with Crippen LogP contribution in [-0.2, 0) is 4.74 Å². The van der Waals surface area contributed by atoms with Gasteiger partial charge in [-0.15, -0.1) is 0 Å². The van der Waals surface area contributed by atoms with Crippen molar-refractivity contribution in [3.8, 4) is 0 Å². The summed E-state index contributed by atoms with van der Waals surface area (Å²) in [5.41, 5.74) is 0. The van der Waals surface area contributed by atoms with Gasteiger partial charge in [-0.1, -0.05) is 12.1 Å². The van der Waals surface area contributed by atoms with Crippen molar-refractivity contribution in [3.05, 3.63) is 24.3 Å². The van der Waals surface area contributed by atoms with Gasteiger partial charge in [0.05, 0.1) is 24.0 Å². The minimum absolute atomic E-state index is 0.661. The van der Waals surface area contributed by atoms with Crippen molar-refractivity contribution in [1.29, 1.82) is 0 Å². The predicted octanol–water partition coefficient (Wildman–Crippen LogP) is 1.82. The summed E-state index contributed by atoms with van der Waals surface area (Å²) < 4.78 is 11.2. The second kappa shape index (κ2) is 4.74. The first-order chi connectivity index (χ1) is 9.42. The molecule has 0 aliphatic carbocycles. The van der Waals surface area contributed by atoms with Gasteiger partial charge in [0.2, 0.25) is 0 Å². The maximum Gasteiger partial charge on any atom is 0.150 e. The number of fused-ring (bicyclic) bond motifs is 1. The molecule has 5 heteroatoms. The van der Waals surface area contributed by atoms with Gasteiger partial charge in [-0.2, -0.15) is 4.37 Å². The summed E-state index contributed by atoms with van der Waals surface area (Å²) in [6.45, 7) is 6.23. The third-order valence-electron chi connectivity index (χ3n) is 4.11. The van der Waals surface area contributed by atoms with Crippen LogP contribution >= 0.6 is 11.5 Å². The van der Waals surface area contributed by atoms with Crippen molar-refractivity contribution in [1.82, 2.24) is 9.27 Å². The molecule has 0 radical (unpaired) electrons. The molecule has 19 heavy (non-hydrogen) atoms. The van der Waals surface area contributed by atoms with Crippen molar-refractivity contribution in [3.63, 3.8) is 0 Å². The molecule has 1 aromatic carbocycles. The Labute approximate surface area is 116 Å². The summed E-state index contributed by atoms with van der Waals surface area (Å²) >= 11 is 1.61. The van der Waals surface area contributed by atoms with E-state index in [-0.39, 0.29) is 0 Å². The molecule has 0 unspecified atom stereocenters. The number of hydrogen-bond donors (Lipinski definition) is 0. The third-order valence-corrected chi connectivity index (χ3v) is 4.93. The van der Waals surface area contributed by atoms with Crippen LogP contribution in [0, 0.1) is 0 Å². The van der Waals surface area contributed by atoms with Crippen LogP contribution in [-0.4, -0.2) is 54.7 Å². The molecule has 0 N–H and O–H groups in total. The summed E-state index contributed by atoms with van der Waals surface area (Å²) in [4.78, 5) is 4.98. The first-order valence-electron chi connectivity index (χ1n) is 6.83. The van der Waals surface area contributed by atoms with E-state index < -0.39 is 0 Å². The number of benzene rings is 1. The van der Waals surface area contributed by atoms with Gasteiger partial charge in [0.1, 0.15) is 5.82 Å². The van der Waals surface area contributed by atoms with E-state index in [0.717, 1.165) is 39.4 Å². The average Bonchev–Trinajstić information content (AvgIpc) is 2.82. The quantitative estimate of drug-likeness (QED) is 0.836. The van der Waals surface area contributed by atoms with Gasteiger partial charge in [-0.25, -0.2) is 0 Å². The van der Waals surface area contributed by atoms with Crippen LogP contribution in [0.3, 0.4) is 0 Å². The molecule has 2 aromatic rings. The number of anilines is 1. The summed E-state index contributed by atoms with van der Waals surface area (Å²) in [7, 11) is 0. The molecule has 2 fully saturated rings. The Balaban J connectivity index is 1.51. The Kier molecular flexibility index (Phi) is 2.90. The molecule has 0 saturated carbocycles. The Morgan fingerprint density at radius 3 is 2.63 bits per heavy atom. The maximum atomic E-state index is 5.28. The van der Waals surface area contributed by atoms with Crippen LogP contribution in [0.4, 0.5) is 5.82 Å². The summed E-state index contributed by atoms with van der Waals surface area (Å²) in [5, 5.41) is 1.30. The Morgan fingerprint density at radius 2 is 1.89 bits per heavy atom.